The fourth-order valence-electron chi connectivity index (χ4n) is 1.72. The van der Waals surface area contributed by atoms with Crippen molar-refractivity contribution in [2.75, 3.05) is 4.98 Å². The summed E-state index contributed by atoms with van der Waals surface area (Å²) in [5.74, 6) is 0.424. The van der Waals surface area contributed by atoms with E-state index in [2.05, 4.69) is 54.2 Å². The number of fused-ring (bicyclic) bond motifs is 1. The second kappa shape index (κ2) is 5.22. The Balaban J connectivity index is 2.60. The molecule has 2 aromatic rings. The van der Waals surface area contributed by atoms with Crippen molar-refractivity contribution in [1.82, 2.24) is 14.5 Å². The molecule has 0 unspecified atom stereocenters. The average Bonchev–Trinajstić information content (AvgIpc) is 2.65. The molecule has 0 saturated heterocycles. The highest BCUT2D eigenvalue weighted by molar-refractivity contribution is 7.23. The van der Waals surface area contributed by atoms with E-state index < -0.39 is 16.6 Å². The first kappa shape index (κ1) is 16.2. The van der Waals surface area contributed by atoms with Gasteiger partial charge in [0, 0.05) is 7.05 Å². The molecule has 0 spiro atoms. The van der Waals surface area contributed by atoms with Crippen molar-refractivity contribution in [2.45, 2.75) is 39.3 Å². The summed E-state index contributed by atoms with van der Waals surface area (Å²) in [5, 5.41) is 0.826. The molecule has 0 amide bonds. The van der Waals surface area contributed by atoms with E-state index in [1.54, 1.807) is 7.05 Å². The Morgan fingerprint density at radius 3 is 2.29 bits per heavy atom. The van der Waals surface area contributed by atoms with Gasteiger partial charge >= 0.3 is 5.69 Å². The van der Waals surface area contributed by atoms with Gasteiger partial charge in [-0.25, -0.2) is 9.78 Å². The summed E-state index contributed by atoms with van der Waals surface area (Å²) < 4.78 is 8.27. The fraction of sp³-hybridized carbons (Fsp3) is 0.583. The molecule has 9 heteroatoms. The lowest BCUT2D eigenvalue weighted by atomic mass is 10.6. The Morgan fingerprint density at radius 2 is 1.76 bits per heavy atom. The largest absolute Gasteiger partial charge is 0.530 e. The topological polar surface area (TPSA) is 69.0 Å². The van der Waals surface area contributed by atoms with Crippen LogP contribution in [-0.4, -0.2) is 31.1 Å². The molecule has 0 saturated carbocycles. The lowest BCUT2D eigenvalue weighted by Crippen LogP contribution is -2.32. The van der Waals surface area contributed by atoms with Crippen molar-refractivity contribution >= 4 is 43.4 Å². The van der Waals surface area contributed by atoms with Crippen LogP contribution in [0.15, 0.2) is 4.79 Å². The minimum absolute atomic E-state index is 0.333. The molecule has 0 aliphatic rings. The number of nitrogens with one attached hydrogen (secondary N) is 1. The van der Waals surface area contributed by atoms with Crippen LogP contribution in [0.2, 0.25) is 39.3 Å². The van der Waals surface area contributed by atoms with Crippen LogP contribution in [0.1, 0.15) is 0 Å². The monoisotopic (exact) mass is 342 g/mol. The van der Waals surface area contributed by atoms with E-state index in [1.807, 2.05) is 0 Å². The molecule has 21 heavy (non-hydrogen) atoms. The van der Waals surface area contributed by atoms with Crippen molar-refractivity contribution in [3.63, 3.8) is 0 Å². The second-order valence-electron chi connectivity index (χ2n) is 7.02. The third-order valence-electron chi connectivity index (χ3n) is 2.49. The molecule has 0 bridgehead atoms. The van der Waals surface area contributed by atoms with Gasteiger partial charge in [0.2, 0.25) is 14.2 Å². The van der Waals surface area contributed by atoms with E-state index in [9.17, 15) is 4.79 Å². The van der Waals surface area contributed by atoms with E-state index in [0.717, 1.165) is 9.83 Å². The van der Waals surface area contributed by atoms with Crippen LogP contribution in [0.25, 0.3) is 10.3 Å². The second-order valence-corrected chi connectivity index (χ2v) is 17.2. The molecule has 2 aromatic heterocycles. The molecule has 1 N–H and O–H groups in total. The highest BCUT2D eigenvalue weighted by atomic mass is 32.1. The first-order chi connectivity index (χ1) is 9.46. The zero-order valence-corrected chi connectivity index (χ0v) is 16.4. The maximum Gasteiger partial charge on any atom is 0.352 e. The zero-order chi connectivity index (χ0) is 16.0. The number of hydrogen-bond donors (Lipinski definition) is 1. The van der Waals surface area contributed by atoms with Crippen LogP contribution in [0.3, 0.4) is 0 Å². The van der Waals surface area contributed by atoms with Gasteiger partial charge in [-0.15, -0.1) is 0 Å². The van der Waals surface area contributed by atoms with Gasteiger partial charge in [0.1, 0.15) is 12.9 Å². The molecule has 0 aliphatic heterocycles. The van der Waals surface area contributed by atoms with Crippen LogP contribution in [0, 0.1) is 0 Å². The minimum atomic E-state index is -1.84. The van der Waals surface area contributed by atoms with Gasteiger partial charge in [-0.3, -0.25) is 4.57 Å². The standard InChI is InChI=1S/C12H22N4O2SSi2/c1-16-9-8(19-11(13-9)15-20(2,3)4)10(14-12(16)17)18-21(5,6)7/h1-7H3,(H,13,15). The van der Waals surface area contributed by atoms with Gasteiger partial charge in [-0.2, -0.15) is 4.98 Å². The van der Waals surface area contributed by atoms with Gasteiger partial charge in [-0.1, -0.05) is 31.0 Å². The minimum Gasteiger partial charge on any atom is -0.530 e. The predicted octanol–water partition coefficient (Wildman–Crippen LogP) is 2.85. The maximum atomic E-state index is 12.0. The van der Waals surface area contributed by atoms with Crippen molar-refractivity contribution < 1.29 is 4.43 Å². The highest BCUT2D eigenvalue weighted by Gasteiger charge is 2.23. The average molecular weight is 343 g/mol. The molecular weight excluding hydrogens is 320 g/mol. The summed E-state index contributed by atoms with van der Waals surface area (Å²) in [5.41, 5.74) is 0.301. The number of anilines is 1. The summed E-state index contributed by atoms with van der Waals surface area (Å²) in [4.78, 5) is 24.1. The lowest BCUT2D eigenvalue weighted by Gasteiger charge is -2.18. The summed E-state index contributed by atoms with van der Waals surface area (Å²) in [6, 6.07) is 0. The molecule has 2 heterocycles. The van der Waals surface area contributed by atoms with E-state index in [-0.39, 0.29) is 5.69 Å². The SMILES string of the molecule is Cn1c(=O)nc(O[Si](C)(C)C)c2sc(N[Si](C)(C)C)nc21. The molecule has 0 aromatic carbocycles. The van der Waals surface area contributed by atoms with Crippen LogP contribution in [-0.2, 0) is 7.05 Å². The van der Waals surface area contributed by atoms with Crippen LogP contribution in [0.4, 0.5) is 5.13 Å². The van der Waals surface area contributed by atoms with E-state index in [0.29, 0.717) is 11.5 Å². The number of rotatable bonds is 4. The molecule has 116 valence electrons. The first-order valence-corrected chi connectivity index (χ1v) is 14.5. The number of hydrogen-bond acceptors (Lipinski definition) is 6. The Kier molecular flexibility index (Phi) is 4.02. The Morgan fingerprint density at radius 1 is 1.14 bits per heavy atom. The smallest absolute Gasteiger partial charge is 0.352 e. The van der Waals surface area contributed by atoms with Crippen LogP contribution >= 0.6 is 11.3 Å². The van der Waals surface area contributed by atoms with E-state index in [1.165, 1.54) is 15.9 Å². The first-order valence-electron chi connectivity index (χ1n) is 6.81. The quantitative estimate of drug-likeness (QED) is 0.865. The van der Waals surface area contributed by atoms with Crippen molar-refractivity contribution in [3.05, 3.63) is 10.5 Å². The number of aryl methyl sites for hydroxylation is 1. The summed E-state index contributed by atoms with van der Waals surface area (Å²) in [7, 11) is -1.65. The summed E-state index contributed by atoms with van der Waals surface area (Å²) >= 11 is 1.50. The molecule has 0 aliphatic carbocycles. The normalized spacial score (nSPS) is 12.7. The Bertz CT molecular complexity index is 728. The van der Waals surface area contributed by atoms with Crippen LogP contribution in [0.5, 0.6) is 5.88 Å². The fourth-order valence-corrected chi connectivity index (χ4v) is 5.11. The van der Waals surface area contributed by atoms with Gasteiger partial charge in [-0.05, 0) is 19.6 Å². The van der Waals surface area contributed by atoms with Gasteiger partial charge < -0.3 is 9.41 Å². The van der Waals surface area contributed by atoms with Crippen molar-refractivity contribution in [1.29, 1.82) is 0 Å². The Hall–Kier alpha value is -1.20. The van der Waals surface area contributed by atoms with Gasteiger partial charge in [0.05, 0.1) is 0 Å². The summed E-state index contributed by atoms with van der Waals surface area (Å²) in [6.45, 7) is 12.8. The van der Waals surface area contributed by atoms with E-state index >= 15 is 0 Å². The molecule has 0 fully saturated rings. The lowest BCUT2D eigenvalue weighted by molar-refractivity contribution is 0.534. The number of nitrogens with zero attached hydrogens (tertiary/aromatic N) is 3. The molecule has 0 radical (unpaired) electrons. The Labute approximate surface area is 130 Å². The maximum absolute atomic E-state index is 12.0. The molecular formula is C12H22N4O2SSi2. The number of aromatic nitrogens is 3. The molecule has 2 rings (SSSR count). The summed E-state index contributed by atoms with van der Waals surface area (Å²) in [6.07, 6.45) is 0. The number of thiazole rings is 1. The van der Waals surface area contributed by atoms with Crippen molar-refractivity contribution in [3.8, 4) is 5.88 Å². The van der Waals surface area contributed by atoms with E-state index in [4.69, 9.17) is 4.43 Å². The zero-order valence-electron chi connectivity index (χ0n) is 13.6. The molecule has 0 atom stereocenters. The van der Waals surface area contributed by atoms with Crippen LogP contribution < -0.4 is 15.1 Å². The molecule has 6 nitrogen and oxygen atoms in total. The highest BCUT2D eigenvalue weighted by Crippen LogP contribution is 2.32. The van der Waals surface area contributed by atoms with Crippen molar-refractivity contribution in [2.24, 2.45) is 7.05 Å². The third kappa shape index (κ3) is 3.92. The van der Waals surface area contributed by atoms with Gasteiger partial charge in [0.15, 0.2) is 10.8 Å². The predicted molar refractivity (Wildman–Crippen MR) is 93.6 cm³/mol. The third-order valence-corrected chi connectivity index (χ3v) is 5.41. The van der Waals surface area contributed by atoms with Gasteiger partial charge in [0.25, 0.3) is 0 Å².